The van der Waals surface area contributed by atoms with Crippen LogP contribution >= 0.6 is 0 Å². The molecule has 4 rings (SSSR count). The topological polar surface area (TPSA) is 97.3 Å². The van der Waals surface area contributed by atoms with Gasteiger partial charge in [0.1, 0.15) is 5.52 Å². The summed E-state index contributed by atoms with van der Waals surface area (Å²) < 4.78 is 11.0. The molecule has 8 nitrogen and oxygen atoms in total. The third kappa shape index (κ3) is 3.24. The largest absolute Gasteiger partial charge is 0.493 e. The van der Waals surface area contributed by atoms with Crippen LogP contribution in [-0.4, -0.2) is 40.1 Å². The van der Waals surface area contributed by atoms with Gasteiger partial charge < -0.3 is 14.5 Å². The fraction of sp³-hybridized carbons (Fsp3) is 0.158. The number of hydrogen-bond donors (Lipinski definition) is 2. The molecule has 2 N–H and O–H groups in total. The van der Waals surface area contributed by atoms with Gasteiger partial charge in [-0.25, -0.2) is 5.43 Å². The van der Waals surface area contributed by atoms with E-state index < -0.39 is 0 Å². The summed E-state index contributed by atoms with van der Waals surface area (Å²) in [5, 5.41) is 13.5. The Kier molecular flexibility index (Phi) is 4.52. The number of ether oxygens (including phenoxy) is 2. The SMILES string of the molecule is CCOc1c(/C=N/Nc2nnc3c(n2)[nH]c2ccccc23)cccc1OC. The molecular formula is C19H18N6O2. The zero-order valence-corrected chi connectivity index (χ0v) is 14.9. The number of hydrazone groups is 1. The van der Waals surface area contributed by atoms with Crippen molar-refractivity contribution >= 4 is 34.2 Å². The van der Waals surface area contributed by atoms with E-state index in [1.54, 1.807) is 13.3 Å². The molecule has 0 saturated heterocycles. The van der Waals surface area contributed by atoms with Crippen LogP contribution < -0.4 is 14.9 Å². The molecule has 2 aromatic carbocycles. The van der Waals surface area contributed by atoms with E-state index in [9.17, 15) is 0 Å². The Morgan fingerprint density at radius 2 is 2.04 bits per heavy atom. The number of benzene rings is 2. The fourth-order valence-corrected chi connectivity index (χ4v) is 2.82. The summed E-state index contributed by atoms with van der Waals surface area (Å²) >= 11 is 0. The van der Waals surface area contributed by atoms with Crippen molar-refractivity contribution in [2.24, 2.45) is 5.10 Å². The molecule has 0 unspecified atom stereocenters. The summed E-state index contributed by atoms with van der Waals surface area (Å²) in [6.07, 6.45) is 1.63. The highest BCUT2D eigenvalue weighted by molar-refractivity contribution is 6.03. The van der Waals surface area contributed by atoms with Crippen LogP contribution in [0.1, 0.15) is 12.5 Å². The Balaban J connectivity index is 1.59. The lowest BCUT2D eigenvalue weighted by Crippen LogP contribution is -2.01. The number of H-pyrrole nitrogens is 1. The number of hydrogen-bond acceptors (Lipinski definition) is 7. The van der Waals surface area contributed by atoms with E-state index >= 15 is 0 Å². The van der Waals surface area contributed by atoms with E-state index in [2.05, 4.69) is 30.7 Å². The third-order valence-electron chi connectivity index (χ3n) is 4.01. The van der Waals surface area contributed by atoms with Gasteiger partial charge in [-0.15, -0.1) is 10.2 Å². The lowest BCUT2D eigenvalue weighted by Gasteiger charge is -2.11. The predicted octanol–water partition coefficient (Wildman–Crippen LogP) is 3.36. The smallest absolute Gasteiger partial charge is 0.265 e. The maximum atomic E-state index is 5.66. The van der Waals surface area contributed by atoms with Gasteiger partial charge in [0.25, 0.3) is 5.95 Å². The summed E-state index contributed by atoms with van der Waals surface area (Å²) in [5.74, 6) is 1.59. The molecule has 136 valence electrons. The highest BCUT2D eigenvalue weighted by atomic mass is 16.5. The van der Waals surface area contributed by atoms with Crippen LogP contribution in [0.25, 0.3) is 22.1 Å². The standard InChI is InChI=1S/C19H18N6O2/c1-3-27-17-12(7-6-10-15(17)26-2)11-20-24-19-22-18-16(23-25-19)13-8-4-5-9-14(13)21-18/h4-11H,3H2,1-2H3,(H2,21,22,24,25)/b20-11+. The first kappa shape index (κ1) is 16.8. The zero-order valence-electron chi connectivity index (χ0n) is 14.9. The first-order chi connectivity index (χ1) is 13.3. The van der Waals surface area contributed by atoms with E-state index in [1.165, 1.54) is 0 Å². The summed E-state index contributed by atoms with van der Waals surface area (Å²) in [4.78, 5) is 7.65. The number of para-hydroxylation sites is 2. The second-order valence-corrected chi connectivity index (χ2v) is 5.68. The minimum Gasteiger partial charge on any atom is -0.493 e. The van der Waals surface area contributed by atoms with Crippen molar-refractivity contribution in [2.45, 2.75) is 6.92 Å². The first-order valence-corrected chi connectivity index (χ1v) is 8.50. The third-order valence-corrected chi connectivity index (χ3v) is 4.01. The molecule has 0 radical (unpaired) electrons. The van der Waals surface area contributed by atoms with Crippen molar-refractivity contribution in [2.75, 3.05) is 19.1 Å². The Labute approximate surface area is 155 Å². The van der Waals surface area contributed by atoms with Crippen molar-refractivity contribution in [1.29, 1.82) is 0 Å². The number of aromatic amines is 1. The van der Waals surface area contributed by atoms with Gasteiger partial charge in [-0.2, -0.15) is 10.1 Å². The van der Waals surface area contributed by atoms with E-state index in [0.29, 0.717) is 29.7 Å². The molecule has 0 spiro atoms. The zero-order chi connectivity index (χ0) is 18.6. The van der Waals surface area contributed by atoms with Gasteiger partial charge in [-0.1, -0.05) is 24.3 Å². The van der Waals surface area contributed by atoms with E-state index in [4.69, 9.17) is 9.47 Å². The van der Waals surface area contributed by atoms with Gasteiger partial charge >= 0.3 is 0 Å². The van der Waals surface area contributed by atoms with Crippen molar-refractivity contribution in [3.05, 3.63) is 48.0 Å². The Bertz CT molecular complexity index is 1120. The molecule has 2 heterocycles. The molecule has 0 aliphatic carbocycles. The molecule has 0 fully saturated rings. The number of methoxy groups -OCH3 is 1. The van der Waals surface area contributed by atoms with E-state index in [1.807, 2.05) is 49.4 Å². The normalized spacial score (nSPS) is 11.3. The molecule has 0 saturated carbocycles. The van der Waals surface area contributed by atoms with Crippen molar-refractivity contribution in [3.63, 3.8) is 0 Å². The number of nitrogens with one attached hydrogen (secondary N) is 2. The Morgan fingerprint density at radius 1 is 1.15 bits per heavy atom. The van der Waals surface area contributed by atoms with Gasteiger partial charge in [-0.3, -0.25) is 0 Å². The van der Waals surface area contributed by atoms with Crippen LogP contribution in [0.2, 0.25) is 0 Å². The van der Waals surface area contributed by atoms with E-state index in [0.717, 1.165) is 22.0 Å². The van der Waals surface area contributed by atoms with Crippen LogP contribution in [0, 0.1) is 0 Å². The van der Waals surface area contributed by atoms with Gasteiger partial charge in [0.05, 0.1) is 19.9 Å². The van der Waals surface area contributed by atoms with Gasteiger partial charge in [0.2, 0.25) is 0 Å². The lowest BCUT2D eigenvalue weighted by molar-refractivity contribution is 0.310. The Morgan fingerprint density at radius 3 is 2.89 bits per heavy atom. The molecule has 27 heavy (non-hydrogen) atoms. The lowest BCUT2D eigenvalue weighted by atomic mass is 10.2. The number of fused-ring (bicyclic) bond motifs is 3. The molecule has 0 aliphatic heterocycles. The molecule has 0 aliphatic rings. The van der Waals surface area contributed by atoms with Crippen LogP contribution in [-0.2, 0) is 0 Å². The summed E-state index contributed by atoms with van der Waals surface area (Å²) in [7, 11) is 1.60. The van der Waals surface area contributed by atoms with Gasteiger partial charge in [0.15, 0.2) is 17.1 Å². The van der Waals surface area contributed by atoms with Crippen LogP contribution in [0.15, 0.2) is 47.6 Å². The summed E-state index contributed by atoms with van der Waals surface area (Å²) in [6.45, 7) is 2.44. The molecule has 2 aromatic heterocycles. The fourth-order valence-electron chi connectivity index (χ4n) is 2.82. The van der Waals surface area contributed by atoms with Crippen molar-refractivity contribution in [1.82, 2.24) is 20.2 Å². The molecule has 4 aromatic rings. The predicted molar refractivity (Wildman–Crippen MR) is 105 cm³/mol. The molecule has 0 amide bonds. The minimum absolute atomic E-state index is 0.297. The second kappa shape index (κ2) is 7.28. The van der Waals surface area contributed by atoms with E-state index in [-0.39, 0.29) is 0 Å². The average Bonchev–Trinajstić information content (AvgIpc) is 3.07. The molecular weight excluding hydrogens is 344 g/mol. The highest BCUT2D eigenvalue weighted by Gasteiger charge is 2.09. The van der Waals surface area contributed by atoms with Gasteiger partial charge in [0, 0.05) is 16.5 Å². The summed E-state index contributed by atoms with van der Waals surface area (Å²) in [5.41, 5.74) is 5.93. The average molecular weight is 362 g/mol. The maximum Gasteiger partial charge on any atom is 0.265 e. The van der Waals surface area contributed by atoms with Crippen molar-refractivity contribution < 1.29 is 9.47 Å². The number of anilines is 1. The monoisotopic (exact) mass is 362 g/mol. The maximum absolute atomic E-state index is 5.66. The minimum atomic E-state index is 0.297. The second-order valence-electron chi connectivity index (χ2n) is 5.68. The number of rotatable bonds is 6. The summed E-state index contributed by atoms with van der Waals surface area (Å²) in [6, 6.07) is 13.5. The highest BCUT2D eigenvalue weighted by Crippen LogP contribution is 2.30. The van der Waals surface area contributed by atoms with Gasteiger partial charge in [-0.05, 0) is 25.1 Å². The number of nitrogens with zero attached hydrogens (tertiary/aromatic N) is 4. The van der Waals surface area contributed by atoms with Crippen LogP contribution in [0.3, 0.4) is 0 Å². The quantitative estimate of drug-likeness (QED) is 0.403. The molecule has 0 bridgehead atoms. The Hall–Kier alpha value is -3.68. The molecule has 0 atom stereocenters. The first-order valence-electron chi connectivity index (χ1n) is 8.50. The van der Waals surface area contributed by atoms with Crippen LogP contribution in [0.5, 0.6) is 11.5 Å². The molecule has 8 heteroatoms. The van der Waals surface area contributed by atoms with Crippen molar-refractivity contribution in [3.8, 4) is 11.5 Å². The number of aromatic nitrogens is 4. The van der Waals surface area contributed by atoms with Crippen LogP contribution in [0.4, 0.5) is 5.95 Å².